The van der Waals surface area contributed by atoms with Crippen molar-refractivity contribution in [2.45, 2.75) is 38.2 Å². The number of benzene rings is 2. The Morgan fingerprint density at radius 1 is 1.20 bits per heavy atom. The van der Waals surface area contributed by atoms with E-state index in [1.807, 2.05) is 6.07 Å². The van der Waals surface area contributed by atoms with Gasteiger partial charge in [0.1, 0.15) is 11.5 Å². The Morgan fingerprint density at radius 3 is 2.54 bits per heavy atom. The quantitative estimate of drug-likeness (QED) is 0.299. The van der Waals surface area contributed by atoms with Gasteiger partial charge in [-0.05, 0) is 58.1 Å². The lowest BCUT2D eigenvalue weighted by Gasteiger charge is -2.33. The minimum absolute atomic E-state index is 0.0498. The Labute approximate surface area is 213 Å². The summed E-state index contributed by atoms with van der Waals surface area (Å²) in [5.41, 5.74) is 1.54. The summed E-state index contributed by atoms with van der Waals surface area (Å²) >= 11 is 4.15. The summed E-state index contributed by atoms with van der Waals surface area (Å²) in [6.07, 6.45) is -3.27. The molecule has 1 heterocycles. The van der Waals surface area contributed by atoms with Gasteiger partial charge in [-0.2, -0.15) is 13.2 Å². The first-order valence-corrected chi connectivity index (χ1v) is 12.5. The lowest BCUT2D eigenvalue weighted by Crippen LogP contribution is -2.43. The summed E-state index contributed by atoms with van der Waals surface area (Å²) in [5.74, 6) is -0.210. The number of ether oxygens (including phenoxy) is 2. The van der Waals surface area contributed by atoms with Crippen LogP contribution in [-0.2, 0) is 24.1 Å². The molecular weight excluding hydrogens is 547 g/mol. The van der Waals surface area contributed by atoms with E-state index >= 15 is 0 Å². The van der Waals surface area contributed by atoms with E-state index in [0.717, 1.165) is 5.56 Å². The molecule has 2 N–H and O–H groups in total. The Bertz CT molecular complexity index is 1190. The number of halogens is 4. The zero-order valence-electron chi connectivity index (χ0n) is 18.7. The van der Waals surface area contributed by atoms with Crippen LogP contribution in [0.5, 0.6) is 11.5 Å². The summed E-state index contributed by atoms with van der Waals surface area (Å²) in [6.45, 7) is 0.471. The second kappa shape index (κ2) is 10.6. The Morgan fingerprint density at radius 2 is 1.91 bits per heavy atom. The molecule has 0 saturated heterocycles. The summed E-state index contributed by atoms with van der Waals surface area (Å²) in [4.78, 5) is 10.7. The topological polar surface area (TPSA) is 67.8 Å². The summed E-state index contributed by atoms with van der Waals surface area (Å²) in [6, 6.07) is 13.8. The van der Waals surface area contributed by atoms with E-state index in [1.54, 1.807) is 36.4 Å². The number of hydrogen-bond donors (Lipinski definition) is 2. The van der Waals surface area contributed by atoms with Crippen molar-refractivity contribution >= 4 is 33.2 Å². The van der Waals surface area contributed by atoms with Crippen LogP contribution < -0.4 is 14.8 Å². The van der Waals surface area contributed by atoms with Crippen molar-refractivity contribution in [3.63, 3.8) is 0 Å². The SMILES string of the molecule is COc1cc(CNC2CC(C(=O)O)C2)cc(Br)c1OCc1cc(-c2ccccc2)c(C(F)(F)F)s1. The average molecular weight is 570 g/mol. The first kappa shape index (κ1) is 25.5. The molecule has 1 aromatic heterocycles. The predicted octanol–water partition coefficient (Wildman–Crippen LogP) is 6.74. The van der Waals surface area contributed by atoms with Crippen LogP contribution in [0.25, 0.3) is 11.1 Å². The fourth-order valence-electron chi connectivity index (χ4n) is 3.96. The van der Waals surface area contributed by atoms with Crippen LogP contribution in [-0.4, -0.2) is 24.2 Å². The van der Waals surface area contributed by atoms with Gasteiger partial charge in [0.25, 0.3) is 0 Å². The third-order valence-electron chi connectivity index (χ3n) is 5.86. The zero-order valence-corrected chi connectivity index (χ0v) is 21.1. The number of methoxy groups -OCH3 is 1. The average Bonchev–Trinajstić information content (AvgIpc) is 3.22. The van der Waals surface area contributed by atoms with Crippen LogP contribution in [0.1, 0.15) is 28.2 Å². The van der Waals surface area contributed by atoms with Gasteiger partial charge in [-0.25, -0.2) is 0 Å². The molecule has 0 bridgehead atoms. The van der Waals surface area contributed by atoms with Crippen LogP contribution in [0.2, 0.25) is 0 Å². The van der Waals surface area contributed by atoms with E-state index < -0.39 is 17.0 Å². The first-order valence-electron chi connectivity index (χ1n) is 10.9. The second-order valence-corrected chi connectivity index (χ2v) is 10.3. The predicted molar refractivity (Wildman–Crippen MR) is 131 cm³/mol. The number of rotatable bonds is 9. The molecule has 1 fully saturated rings. The zero-order chi connectivity index (χ0) is 25.2. The molecule has 5 nitrogen and oxygen atoms in total. The fourth-order valence-corrected chi connectivity index (χ4v) is 5.53. The van der Waals surface area contributed by atoms with Crippen LogP contribution >= 0.6 is 27.3 Å². The summed E-state index contributed by atoms with van der Waals surface area (Å²) in [7, 11) is 1.50. The molecule has 0 amide bonds. The third kappa shape index (κ3) is 5.99. The maximum Gasteiger partial charge on any atom is 0.426 e. The highest BCUT2D eigenvalue weighted by molar-refractivity contribution is 9.10. The highest BCUT2D eigenvalue weighted by Crippen LogP contribution is 2.44. The Kier molecular flexibility index (Phi) is 7.73. The van der Waals surface area contributed by atoms with Gasteiger partial charge >= 0.3 is 12.1 Å². The van der Waals surface area contributed by atoms with Gasteiger partial charge in [-0.3, -0.25) is 4.79 Å². The monoisotopic (exact) mass is 569 g/mol. The molecule has 0 radical (unpaired) electrons. The third-order valence-corrected chi connectivity index (χ3v) is 7.60. The molecule has 0 aliphatic heterocycles. The number of carboxylic acid groups (broad SMARTS) is 1. The van der Waals surface area contributed by atoms with E-state index in [0.29, 0.717) is 57.1 Å². The highest BCUT2D eigenvalue weighted by Gasteiger charge is 2.36. The maximum atomic E-state index is 13.7. The molecule has 0 unspecified atom stereocenters. The van der Waals surface area contributed by atoms with Crippen molar-refractivity contribution in [1.82, 2.24) is 5.32 Å². The highest BCUT2D eigenvalue weighted by atomic mass is 79.9. The number of thiophene rings is 1. The number of carbonyl (C=O) groups is 1. The number of hydrogen-bond acceptors (Lipinski definition) is 5. The van der Waals surface area contributed by atoms with Crippen LogP contribution in [0.4, 0.5) is 13.2 Å². The largest absolute Gasteiger partial charge is 0.493 e. The number of carboxylic acids is 1. The van der Waals surface area contributed by atoms with Crippen molar-refractivity contribution in [3.05, 3.63) is 68.3 Å². The molecule has 1 aliphatic rings. The van der Waals surface area contributed by atoms with Crippen molar-refractivity contribution in [3.8, 4) is 22.6 Å². The minimum atomic E-state index is -4.47. The molecule has 186 valence electrons. The van der Waals surface area contributed by atoms with Crippen molar-refractivity contribution in [2.24, 2.45) is 5.92 Å². The molecule has 35 heavy (non-hydrogen) atoms. The van der Waals surface area contributed by atoms with Crippen molar-refractivity contribution in [1.29, 1.82) is 0 Å². The maximum absolute atomic E-state index is 13.7. The normalized spacial score (nSPS) is 17.6. The van der Waals surface area contributed by atoms with E-state index in [4.69, 9.17) is 14.6 Å². The molecular formula is C25H23BrF3NO4S. The second-order valence-electron chi connectivity index (χ2n) is 8.30. The van der Waals surface area contributed by atoms with Gasteiger partial charge in [-0.15, -0.1) is 11.3 Å². The lowest BCUT2D eigenvalue weighted by molar-refractivity contribution is -0.145. The molecule has 1 saturated carbocycles. The molecule has 0 spiro atoms. The molecule has 10 heteroatoms. The van der Waals surface area contributed by atoms with Gasteiger partial charge in [0, 0.05) is 23.0 Å². The van der Waals surface area contributed by atoms with Gasteiger partial charge in [-0.1, -0.05) is 30.3 Å². The number of alkyl halides is 3. The van der Waals surface area contributed by atoms with Crippen LogP contribution in [0, 0.1) is 5.92 Å². The van der Waals surface area contributed by atoms with Crippen molar-refractivity contribution < 1.29 is 32.5 Å². The van der Waals surface area contributed by atoms with E-state index in [-0.39, 0.29) is 24.1 Å². The van der Waals surface area contributed by atoms with E-state index in [2.05, 4.69) is 21.2 Å². The number of nitrogens with one attached hydrogen (secondary N) is 1. The molecule has 1 aliphatic carbocycles. The van der Waals surface area contributed by atoms with Gasteiger partial charge in [0.2, 0.25) is 0 Å². The fraction of sp³-hybridized carbons (Fsp3) is 0.320. The number of aliphatic carboxylic acids is 1. The molecule has 2 aromatic carbocycles. The summed E-state index contributed by atoms with van der Waals surface area (Å²) in [5, 5.41) is 12.3. The Balaban J connectivity index is 1.47. The molecule has 0 atom stereocenters. The molecule has 3 aromatic rings. The lowest BCUT2D eigenvalue weighted by atomic mass is 9.80. The van der Waals surface area contributed by atoms with Crippen LogP contribution in [0.3, 0.4) is 0 Å². The van der Waals surface area contributed by atoms with E-state index in [9.17, 15) is 18.0 Å². The first-order chi connectivity index (χ1) is 16.7. The van der Waals surface area contributed by atoms with Gasteiger partial charge in [0.15, 0.2) is 11.5 Å². The van der Waals surface area contributed by atoms with Crippen LogP contribution in [0.15, 0.2) is 53.0 Å². The minimum Gasteiger partial charge on any atom is -0.493 e. The smallest absolute Gasteiger partial charge is 0.426 e. The van der Waals surface area contributed by atoms with Gasteiger partial charge < -0.3 is 19.9 Å². The standard InChI is InChI=1S/C25H23BrF3NO4S/c1-33-21-8-14(12-30-17-9-16(10-17)24(31)32)7-20(26)22(21)34-13-18-11-19(15-5-3-2-4-6-15)23(35-18)25(27,28)29/h2-8,11,16-17,30H,9-10,12-13H2,1H3,(H,31,32). The summed E-state index contributed by atoms with van der Waals surface area (Å²) < 4.78 is 53.0. The molecule has 4 rings (SSSR count). The van der Waals surface area contributed by atoms with Gasteiger partial charge in [0.05, 0.1) is 17.5 Å². The Hall–Kier alpha value is -2.56. The van der Waals surface area contributed by atoms with E-state index in [1.165, 1.54) is 13.2 Å². The van der Waals surface area contributed by atoms with Crippen molar-refractivity contribution in [2.75, 3.05) is 7.11 Å².